The Balaban J connectivity index is 1.59. The van der Waals surface area contributed by atoms with Crippen LogP contribution in [-0.4, -0.2) is 23.4 Å². The Kier molecular flexibility index (Phi) is 6.38. The minimum absolute atomic E-state index is 0.0931. The minimum atomic E-state index is 0.0931. The topological polar surface area (TPSA) is 24.8 Å². The number of hydrogen-bond donors (Lipinski definition) is 0. The van der Waals surface area contributed by atoms with Gasteiger partial charge in [-0.15, -0.1) is 0 Å². The number of nitrogens with zero attached hydrogens (tertiary/aromatic N) is 2. The van der Waals surface area contributed by atoms with Crippen molar-refractivity contribution in [2.24, 2.45) is 4.99 Å². The van der Waals surface area contributed by atoms with E-state index in [1.807, 2.05) is 6.07 Å². The lowest BCUT2D eigenvalue weighted by molar-refractivity contribution is 0.189. The fourth-order valence-corrected chi connectivity index (χ4v) is 3.92. The van der Waals surface area contributed by atoms with Gasteiger partial charge in [0.1, 0.15) is 12.6 Å². The molecule has 1 aliphatic rings. The molecule has 3 heteroatoms. The monoisotopic (exact) mass is 384 g/mol. The smallest absolute Gasteiger partial charge is 0.201 e. The van der Waals surface area contributed by atoms with E-state index in [9.17, 15) is 0 Å². The summed E-state index contributed by atoms with van der Waals surface area (Å²) in [5.74, 6) is 0.869. The quantitative estimate of drug-likeness (QED) is 0.502. The maximum Gasteiger partial charge on any atom is 0.201 e. The van der Waals surface area contributed by atoms with Crippen LogP contribution in [0, 0.1) is 0 Å². The van der Waals surface area contributed by atoms with Gasteiger partial charge in [0.05, 0.1) is 6.04 Å². The van der Waals surface area contributed by atoms with Crippen molar-refractivity contribution in [1.29, 1.82) is 0 Å². The van der Waals surface area contributed by atoms with E-state index in [4.69, 9.17) is 9.73 Å². The summed E-state index contributed by atoms with van der Waals surface area (Å²) in [7, 11) is 0. The van der Waals surface area contributed by atoms with Crippen molar-refractivity contribution < 1.29 is 4.74 Å². The second kappa shape index (κ2) is 9.53. The molecular formula is C26H28N2O. The Morgan fingerprint density at radius 1 is 0.828 bits per heavy atom. The molecule has 0 radical (unpaired) electrons. The van der Waals surface area contributed by atoms with Crippen LogP contribution >= 0.6 is 0 Å². The Labute approximate surface area is 173 Å². The summed E-state index contributed by atoms with van der Waals surface area (Å²) in [6.07, 6.45) is 0.958. The lowest BCUT2D eigenvalue weighted by atomic mass is 10.1. The molecule has 0 saturated carbocycles. The molecule has 0 amide bonds. The summed E-state index contributed by atoms with van der Waals surface area (Å²) < 4.78 is 6.14. The van der Waals surface area contributed by atoms with Crippen molar-refractivity contribution in [1.82, 2.24) is 4.90 Å². The summed E-state index contributed by atoms with van der Waals surface area (Å²) in [5.41, 5.74) is 3.83. The van der Waals surface area contributed by atoms with Gasteiger partial charge in [0.25, 0.3) is 0 Å². The van der Waals surface area contributed by atoms with Gasteiger partial charge in [-0.05, 0) is 23.1 Å². The third-order valence-corrected chi connectivity index (χ3v) is 5.43. The Bertz CT molecular complexity index is 868. The van der Waals surface area contributed by atoms with Gasteiger partial charge >= 0.3 is 0 Å². The Hall–Kier alpha value is -2.91. The van der Waals surface area contributed by atoms with E-state index in [1.165, 1.54) is 16.7 Å². The van der Waals surface area contributed by atoms with Crippen molar-refractivity contribution in [3.05, 3.63) is 108 Å². The van der Waals surface area contributed by atoms with Gasteiger partial charge in [-0.2, -0.15) is 0 Å². The summed E-state index contributed by atoms with van der Waals surface area (Å²) in [4.78, 5) is 7.47. The molecule has 0 unspecified atom stereocenters. The normalized spacial score (nSPS) is 17.0. The molecule has 0 fully saturated rings. The summed E-state index contributed by atoms with van der Waals surface area (Å²) in [6, 6.07) is 32.0. The van der Waals surface area contributed by atoms with Gasteiger partial charge in [-0.1, -0.05) is 97.9 Å². The van der Waals surface area contributed by atoms with Crippen LogP contribution in [0.3, 0.4) is 0 Å². The number of aliphatic imine (C=N–C) groups is 1. The average molecular weight is 385 g/mol. The molecule has 1 heterocycles. The largest absolute Gasteiger partial charge is 0.477 e. The molecule has 0 N–H and O–H groups in total. The third-order valence-electron chi connectivity index (χ3n) is 5.43. The van der Waals surface area contributed by atoms with Crippen molar-refractivity contribution in [2.45, 2.75) is 38.5 Å². The molecule has 1 aliphatic heterocycles. The highest BCUT2D eigenvalue weighted by Crippen LogP contribution is 2.27. The fraction of sp³-hybridized carbons (Fsp3) is 0.269. The maximum atomic E-state index is 6.14. The van der Waals surface area contributed by atoms with Crippen molar-refractivity contribution in [2.75, 3.05) is 6.61 Å². The zero-order chi connectivity index (χ0) is 19.9. The highest BCUT2D eigenvalue weighted by Gasteiger charge is 2.30. The maximum absolute atomic E-state index is 6.14. The van der Waals surface area contributed by atoms with Crippen molar-refractivity contribution in [3.63, 3.8) is 0 Å². The first-order chi connectivity index (χ1) is 14.3. The first-order valence-electron chi connectivity index (χ1n) is 10.4. The highest BCUT2D eigenvalue weighted by molar-refractivity contribution is 5.83. The number of benzene rings is 3. The minimum Gasteiger partial charge on any atom is -0.477 e. The predicted octanol–water partition coefficient (Wildman–Crippen LogP) is 5.64. The SMILES string of the molecule is CC[C@H](C1=N[C@H](c2ccccc2)CO1)N(Cc1ccccc1)Cc1ccccc1. The molecule has 3 aromatic carbocycles. The van der Waals surface area contributed by atoms with E-state index in [-0.39, 0.29) is 12.1 Å². The molecule has 3 aromatic rings. The van der Waals surface area contributed by atoms with Gasteiger partial charge in [0.2, 0.25) is 5.90 Å². The van der Waals surface area contributed by atoms with Crippen LogP contribution in [0.5, 0.6) is 0 Å². The van der Waals surface area contributed by atoms with Gasteiger partial charge in [0, 0.05) is 13.1 Å². The first kappa shape index (κ1) is 19.4. The van der Waals surface area contributed by atoms with Crippen LogP contribution in [0.15, 0.2) is 96.0 Å². The molecule has 4 rings (SSSR count). The Morgan fingerprint density at radius 3 is 1.86 bits per heavy atom. The standard InChI is InChI=1S/C26H28N2O/c1-2-25(26-27-24(20-29-26)23-16-10-5-11-17-23)28(18-21-12-6-3-7-13-21)19-22-14-8-4-9-15-22/h3-17,24-25H,2,18-20H2,1H3/t24-,25+/m0/s1. The fourth-order valence-electron chi connectivity index (χ4n) is 3.92. The van der Waals surface area contributed by atoms with Crippen LogP contribution < -0.4 is 0 Å². The van der Waals surface area contributed by atoms with Crippen LogP contribution in [0.2, 0.25) is 0 Å². The summed E-state index contributed by atoms with van der Waals surface area (Å²) >= 11 is 0. The van der Waals surface area contributed by atoms with Gasteiger partial charge in [-0.25, -0.2) is 4.99 Å². The molecule has 148 valence electrons. The van der Waals surface area contributed by atoms with Crippen molar-refractivity contribution >= 4 is 5.90 Å². The van der Waals surface area contributed by atoms with Crippen LogP contribution in [0.1, 0.15) is 36.1 Å². The van der Waals surface area contributed by atoms with E-state index < -0.39 is 0 Å². The number of rotatable bonds is 8. The molecule has 0 aliphatic carbocycles. The third kappa shape index (κ3) is 4.93. The molecule has 0 aromatic heterocycles. The molecule has 0 spiro atoms. The van der Waals surface area contributed by atoms with Crippen LogP contribution in [0.25, 0.3) is 0 Å². The lowest BCUT2D eigenvalue weighted by Crippen LogP contribution is -2.40. The highest BCUT2D eigenvalue weighted by atomic mass is 16.5. The van der Waals surface area contributed by atoms with E-state index in [0.717, 1.165) is 25.4 Å². The second-order valence-electron chi connectivity index (χ2n) is 7.51. The van der Waals surface area contributed by atoms with E-state index >= 15 is 0 Å². The van der Waals surface area contributed by atoms with Crippen LogP contribution in [0.4, 0.5) is 0 Å². The van der Waals surface area contributed by atoms with Gasteiger partial charge < -0.3 is 4.74 Å². The second-order valence-corrected chi connectivity index (χ2v) is 7.51. The number of hydrogen-bond acceptors (Lipinski definition) is 3. The molecule has 0 saturated heterocycles. The van der Waals surface area contributed by atoms with E-state index in [2.05, 4.69) is 96.8 Å². The van der Waals surface area contributed by atoms with E-state index in [0.29, 0.717) is 6.61 Å². The Morgan fingerprint density at radius 2 is 1.34 bits per heavy atom. The van der Waals surface area contributed by atoms with Gasteiger partial charge in [-0.3, -0.25) is 4.90 Å². The molecule has 2 atom stereocenters. The van der Waals surface area contributed by atoms with Crippen LogP contribution in [-0.2, 0) is 17.8 Å². The zero-order valence-electron chi connectivity index (χ0n) is 16.9. The van der Waals surface area contributed by atoms with Gasteiger partial charge in [0.15, 0.2) is 0 Å². The molecular weight excluding hydrogens is 356 g/mol. The predicted molar refractivity (Wildman–Crippen MR) is 119 cm³/mol. The molecule has 29 heavy (non-hydrogen) atoms. The zero-order valence-corrected chi connectivity index (χ0v) is 16.9. The summed E-state index contributed by atoms with van der Waals surface area (Å²) in [5, 5.41) is 0. The average Bonchev–Trinajstić information content (AvgIpc) is 3.26. The number of ether oxygens (including phenoxy) is 1. The lowest BCUT2D eigenvalue weighted by Gasteiger charge is -2.30. The molecule has 0 bridgehead atoms. The first-order valence-corrected chi connectivity index (χ1v) is 10.4. The van der Waals surface area contributed by atoms with Crippen molar-refractivity contribution in [3.8, 4) is 0 Å². The van der Waals surface area contributed by atoms with E-state index in [1.54, 1.807) is 0 Å². The molecule has 3 nitrogen and oxygen atoms in total. The summed E-state index contributed by atoms with van der Waals surface area (Å²) in [6.45, 7) is 4.58.